The first kappa shape index (κ1) is 13.8. The van der Waals surface area contributed by atoms with Gasteiger partial charge in [-0.15, -0.1) is 0 Å². The van der Waals surface area contributed by atoms with Gasteiger partial charge in [0.05, 0.1) is 6.54 Å². The van der Waals surface area contributed by atoms with E-state index >= 15 is 0 Å². The lowest BCUT2D eigenvalue weighted by atomic mass is 9.87. The van der Waals surface area contributed by atoms with E-state index in [1.807, 2.05) is 0 Å². The van der Waals surface area contributed by atoms with E-state index in [2.05, 4.69) is 12.2 Å². The van der Waals surface area contributed by atoms with Gasteiger partial charge in [0.15, 0.2) is 0 Å². The Morgan fingerprint density at radius 3 is 2.19 bits per heavy atom. The van der Waals surface area contributed by atoms with E-state index in [1.54, 1.807) is 0 Å². The molecule has 1 saturated carbocycles. The molecule has 0 bridgehead atoms. The van der Waals surface area contributed by atoms with Crippen molar-refractivity contribution in [3.8, 4) is 0 Å². The Bertz CT molecular complexity index is 183. The second-order valence-electron chi connectivity index (χ2n) is 4.98. The summed E-state index contributed by atoms with van der Waals surface area (Å²) >= 11 is 0. The molecule has 0 saturated heterocycles. The standard InChI is InChI=1S/C12H22F3N/c1-10(8-16-9-12(13,14)15)11-6-4-2-3-5-7-11/h10-11,16H,2-9H2,1H3. The van der Waals surface area contributed by atoms with Crippen LogP contribution in [0.15, 0.2) is 0 Å². The van der Waals surface area contributed by atoms with Crippen molar-refractivity contribution in [2.75, 3.05) is 13.1 Å². The third-order valence-corrected chi connectivity index (χ3v) is 3.50. The van der Waals surface area contributed by atoms with Crippen LogP contribution in [0.5, 0.6) is 0 Å². The molecule has 1 aliphatic rings. The Kier molecular flexibility index (Phi) is 5.59. The van der Waals surface area contributed by atoms with Crippen LogP contribution < -0.4 is 5.32 Å². The number of hydrogen-bond donors (Lipinski definition) is 1. The lowest BCUT2D eigenvalue weighted by molar-refractivity contribution is -0.125. The van der Waals surface area contributed by atoms with Gasteiger partial charge < -0.3 is 5.32 Å². The molecule has 0 aromatic heterocycles. The van der Waals surface area contributed by atoms with Crippen molar-refractivity contribution in [3.05, 3.63) is 0 Å². The smallest absolute Gasteiger partial charge is 0.308 e. The Morgan fingerprint density at radius 1 is 1.12 bits per heavy atom. The summed E-state index contributed by atoms with van der Waals surface area (Å²) in [5.74, 6) is 0.976. The van der Waals surface area contributed by atoms with Crippen molar-refractivity contribution in [3.63, 3.8) is 0 Å². The largest absolute Gasteiger partial charge is 0.401 e. The summed E-state index contributed by atoms with van der Waals surface area (Å²) in [5, 5.41) is 2.52. The molecular formula is C12H22F3N. The zero-order chi connectivity index (χ0) is 12.0. The summed E-state index contributed by atoms with van der Waals surface area (Å²) in [6, 6.07) is 0. The first-order valence-electron chi connectivity index (χ1n) is 6.26. The van der Waals surface area contributed by atoms with E-state index in [1.165, 1.54) is 38.5 Å². The molecule has 1 aliphatic carbocycles. The second kappa shape index (κ2) is 6.48. The van der Waals surface area contributed by atoms with E-state index < -0.39 is 12.7 Å². The predicted molar refractivity (Wildman–Crippen MR) is 59.3 cm³/mol. The molecule has 16 heavy (non-hydrogen) atoms. The average molecular weight is 237 g/mol. The number of nitrogens with one attached hydrogen (secondary N) is 1. The molecule has 0 amide bonds. The van der Waals surface area contributed by atoms with Crippen molar-refractivity contribution in [1.29, 1.82) is 0 Å². The van der Waals surface area contributed by atoms with Crippen LogP contribution in [-0.4, -0.2) is 19.3 Å². The molecule has 96 valence electrons. The van der Waals surface area contributed by atoms with Gasteiger partial charge in [0, 0.05) is 0 Å². The molecule has 1 fully saturated rings. The van der Waals surface area contributed by atoms with E-state index in [0.29, 0.717) is 18.4 Å². The minimum Gasteiger partial charge on any atom is -0.308 e. The maximum Gasteiger partial charge on any atom is 0.401 e. The zero-order valence-corrected chi connectivity index (χ0v) is 9.95. The van der Waals surface area contributed by atoms with E-state index in [4.69, 9.17) is 0 Å². The van der Waals surface area contributed by atoms with Crippen LogP contribution in [0.2, 0.25) is 0 Å². The van der Waals surface area contributed by atoms with Gasteiger partial charge in [-0.1, -0.05) is 45.4 Å². The van der Waals surface area contributed by atoms with Crippen molar-refractivity contribution in [2.45, 2.75) is 51.6 Å². The lowest BCUT2D eigenvalue weighted by Crippen LogP contribution is -2.33. The van der Waals surface area contributed by atoms with E-state index in [0.717, 1.165) is 0 Å². The predicted octanol–water partition coefficient (Wildman–Crippen LogP) is 3.74. The molecule has 4 heteroatoms. The highest BCUT2D eigenvalue weighted by Gasteiger charge is 2.27. The number of hydrogen-bond acceptors (Lipinski definition) is 1. The molecule has 0 aromatic carbocycles. The highest BCUT2D eigenvalue weighted by molar-refractivity contribution is 4.72. The topological polar surface area (TPSA) is 12.0 Å². The molecular weight excluding hydrogens is 215 g/mol. The van der Waals surface area contributed by atoms with Gasteiger partial charge in [-0.25, -0.2) is 0 Å². The lowest BCUT2D eigenvalue weighted by Gasteiger charge is -2.23. The maximum atomic E-state index is 12.0. The Balaban J connectivity index is 2.20. The van der Waals surface area contributed by atoms with Gasteiger partial charge in [0.2, 0.25) is 0 Å². The minimum absolute atomic E-state index is 0.362. The summed E-state index contributed by atoms with van der Waals surface area (Å²) in [5.41, 5.74) is 0. The zero-order valence-electron chi connectivity index (χ0n) is 9.95. The van der Waals surface area contributed by atoms with Gasteiger partial charge in [-0.3, -0.25) is 0 Å². The number of alkyl halides is 3. The van der Waals surface area contributed by atoms with Crippen molar-refractivity contribution >= 4 is 0 Å². The van der Waals surface area contributed by atoms with Gasteiger partial charge in [-0.2, -0.15) is 13.2 Å². The SMILES string of the molecule is CC(CNCC(F)(F)F)C1CCCCCC1. The molecule has 1 unspecified atom stereocenters. The fourth-order valence-corrected chi connectivity index (χ4v) is 2.49. The van der Waals surface area contributed by atoms with Gasteiger partial charge in [0.1, 0.15) is 0 Å². The Hall–Kier alpha value is -0.250. The third-order valence-electron chi connectivity index (χ3n) is 3.50. The van der Waals surface area contributed by atoms with Crippen LogP contribution in [0.25, 0.3) is 0 Å². The first-order chi connectivity index (χ1) is 7.49. The molecule has 0 spiro atoms. The number of rotatable bonds is 4. The van der Waals surface area contributed by atoms with Gasteiger partial charge >= 0.3 is 6.18 Å². The summed E-state index contributed by atoms with van der Waals surface area (Å²) < 4.78 is 35.9. The Morgan fingerprint density at radius 2 is 1.69 bits per heavy atom. The van der Waals surface area contributed by atoms with Crippen molar-refractivity contribution in [1.82, 2.24) is 5.32 Å². The quantitative estimate of drug-likeness (QED) is 0.734. The van der Waals surface area contributed by atoms with Crippen LogP contribution in [0.3, 0.4) is 0 Å². The van der Waals surface area contributed by atoms with Gasteiger partial charge in [0.25, 0.3) is 0 Å². The molecule has 0 radical (unpaired) electrons. The van der Waals surface area contributed by atoms with Gasteiger partial charge in [-0.05, 0) is 18.4 Å². The van der Waals surface area contributed by atoms with Crippen LogP contribution in [0.4, 0.5) is 13.2 Å². The van der Waals surface area contributed by atoms with E-state index in [9.17, 15) is 13.2 Å². The fourth-order valence-electron chi connectivity index (χ4n) is 2.49. The summed E-state index contributed by atoms with van der Waals surface area (Å²) in [6.07, 6.45) is 3.37. The van der Waals surface area contributed by atoms with Crippen LogP contribution >= 0.6 is 0 Å². The Labute approximate surface area is 95.8 Å². The van der Waals surface area contributed by atoms with Crippen molar-refractivity contribution < 1.29 is 13.2 Å². The normalized spacial score (nSPS) is 21.8. The van der Waals surface area contributed by atoms with Crippen LogP contribution in [0.1, 0.15) is 45.4 Å². The summed E-state index contributed by atoms with van der Waals surface area (Å²) in [7, 11) is 0. The fraction of sp³-hybridized carbons (Fsp3) is 1.00. The molecule has 1 rings (SSSR count). The van der Waals surface area contributed by atoms with Crippen molar-refractivity contribution in [2.24, 2.45) is 11.8 Å². The molecule has 1 nitrogen and oxygen atoms in total. The van der Waals surface area contributed by atoms with Crippen LogP contribution in [-0.2, 0) is 0 Å². The summed E-state index contributed by atoms with van der Waals surface area (Å²) in [4.78, 5) is 0. The monoisotopic (exact) mass is 237 g/mol. The van der Waals surface area contributed by atoms with Crippen LogP contribution in [0, 0.1) is 11.8 Å². The molecule has 0 aliphatic heterocycles. The third kappa shape index (κ3) is 5.73. The maximum absolute atomic E-state index is 12.0. The number of halogens is 3. The first-order valence-corrected chi connectivity index (χ1v) is 6.26. The second-order valence-corrected chi connectivity index (χ2v) is 4.98. The molecule has 0 aromatic rings. The summed E-state index contributed by atoms with van der Waals surface area (Å²) in [6.45, 7) is 1.70. The highest BCUT2D eigenvalue weighted by atomic mass is 19.4. The molecule has 0 heterocycles. The minimum atomic E-state index is -4.08. The molecule has 1 N–H and O–H groups in total. The molecule has 1 atom stereocenters. The van der Waals surface area contributed by atoms with E-state index in [-0.39, 0.29) is 0 Å². The highest BCUT2D eigenvalue weighted by Crippen LogP contribution is 2.28. The average Bonchev–Trinajstić information content (AvgIpc) is 2.43.